The number of Topliss-reactive ketones (excluding diaryl/α,β-unsaturated/α-hetero) is 1. The third-order valence-corrected chi connectivity index (χ3v) is 8.05. The second-order valence-corrected chi connectivity index (χ2v) is 12.8. The maximum atomic E-state index is 13.0. The van der Waals surface area contributed by atoms with Gasteiger partial charge in [-0.3, -0.25) is 43.3 Å². The number of amides is 7. The SMILES string of the molecule is CC(C)C(=O)COCNC(=O)CNC(=O)[C@H](Cc1ccccc1)NC(=O)CNC(=O)CNC(=O)Cc1ccc(N2C(=O)CC(C(C)C)C2=O)cc1. The van der Waals surface area contributed by atoms with E-state index in [0.717, 1.165) is 5.56 Å². The van der Waals surface area contributed by atoms with E-state index in [-0.39, 0.29) is 68.0 Å². The van der Waals surface area contributed by atoms with E-state index in [2.05, 4.69) is 26.6 Å². The maximum Gasteiger partial charge on any atom is 0.243 e. The number of benzene rings is 2. The molecule has 0 aliphatic carbocycles. The van der Waals surface area contributed by atoms with Gasteiger partial charge in [-0.1, -0.05) is 70.2 Å². The van der Waals surface area contributed by atoms with Crippen molar-refractivity contribution in [2.75, 3.05) is 37.9 Å². The lowest BCUT2D eigenvalue weighted by Crippen LogP contribution is -2.52. The first-order valence-corrected chi connectivity index (χ1v) is 16.7. The van der Waals surface area contributed by atoms with Crippen LogP contribution in [0, 0.1) is 17.8 Å². The van der Waals surface area contributed by atoms with E-state index < -0.39 is 55.2 Å². The first kappa shape index (κ1) is 40.0. The van der Waals surface area contributed by atoms with Crippen LogP contribution in [0.25, 0.3) is 0 Å². The van der Waals surface area contributed by atoms with Crippen molar-refractivity contribution in [3.8, 4) is 0 Å². The van der Waals surface area contributed by atoms with E-state index in [9.17, 15) is 38.4 Å². The largest absolute Gasteiger partial charge is 0.353 e. The summed E-state index contributed by atoms with van der Waals surface area (Å²) < 4.78 is 5.12. The van der Waals surface area contributed by atoms with Gasteiger partial charge in [0.1, 0.15) is 19.4 Å². The standard InChI is InChI=1S/C36H46N6O9/c1-22(2)27-16-34(48)42(36(27)50)26-12-10-25(11-13-26)15-30(44)37-17-31(45)38-19-33(47)41-28(14-24-8-6-5-7-9-24)35(49)39-18-32(46)40-21-51-20-29(43)23(3)4/h5-13,22-23,27-28H,14-21H2,1-4H3,(H,37,44)(H,38,45)(H,39,49)(H,40,46)(H,41,47)/t27?,28-/m0/s1. The molecule has 0 spiro atoms. The highest BCUT2D eigenvalue weighted by Crippen LogP contribution is 2.30. The summed E-state index contributed by atoms with van der Waals surface area (Å²) in [5, 5.41) is 12.3. The molecule has 7 amide bonds. The molecule has 0 aromatic heterocycles. The molecule has 5 N–H and O–H groups in total. The molecular weight excluding hydrogens is 660 g/mol. The van der Waals surface area contributed by atoms with Crippen molar-refractivity contribution in [3.05, 3.63) is 65.7 Å². The van der Waals surface area contributed by atoms with Gasteiger partial charge >= 0.3 is 0 Å². The Balaban J connectivity index is 1.42. The van der Waals surface area contributed by atoms with Crippen molar-refractivity contribution < 1.29 is 43.1 Å². The highest BCUT2D eigenvalue weighted by molar-refractivity contribution is 6.21. The number of hydrogen-bond acceptors (Lipinski definition) is 9. The van der Waals surface area contributed by atoms with Crippen molar-refractivity contribution in [3.63, 3.8) is 0 Å². The van der Waals surface area contributed by atoms with Crippen LogP contribution in [0.5, 0.6) is 0 Å². The summed E-state index contributed by atoms with van der Waals surface area (Å²) in [6.45, 7) is 5.60. The molecule has 15 heteroatoms. The van der Waals surface area contributed by atoms with Crippen molar-refractivity contribution in [1.29, 1.82) is 0 Å². The zero-order valence-corrected chi connectivity index (χ0v) is 29.3. The van der Waals surface area contributed by atoms with E-state index in [1.807, 2.05) is 13.8 Å². The lowest BCUT2D eigenvalue weighted by molar-refractivity contribution is -0.131. The van der Waals surface area contributed by atoms with Crippen LogP contribution in [0.1, 0.15) is 45.2 Å². The molecule has 15 nitrogen and oxygen atoms in total. The van der Waals surface area contributed by atoms with Crippen LogP contribution in [0.2, 0.25) is 0 Å². The number of nitrogens with zero attached hydrogens (tertiary/aromatic N) is 1. The summed E-state index contributed by atoms with van der Waals surface area (Å²) in [6, 6.07) is 14.3. The Morgan fingerprint density at radius 2 is 1.35 bits per heavy atom. The fourth-order valence-corrected chi connectivity index (χ4v) is 4.99. The average Bonchev–Trinajstić information content (AvgIpc) is 3.40. The van der Waals surface area contributed by atoms with Crippen LogP contribution in [0.4, 0.5) is 5.69 Å². The van der Waals surface area contributed by atoms with Crippen LogP contribution < -0.4 is 31.5 Å². The molecular formula is C36H46N6O9. The van der Waals surface area contributed by atoms with E-state index in [1.54, 1.807) is 68.4 Å². The van der Waals surface area contributed by atoms with Crippen LogP contribution in [-0.2, 0) is 55.9 Å². The summed E-state index contributed by atoms with van der Waals surface area (Å²) in [5.41, 5.74) is 1.77. The van der Waals surface area contributed by atoms with Crippen LogP contribution in [0.3, 0.4) is 0 Å². The Hall–Kier alpha value is -5.44. The number of nitrogens with one attached hydrogen (secondary N) is 5. The molecule has 274 valence electrons. The zero-order valence-electron chi connectivity index (χ0n) is 29.3. The van der Waals surface area contributed by atoms with E-state index in [4.69, 9.17) is 4.74 Å². The van der Waals surface area contributed by atoms with E-state index in [0.29, 0.717) is 11.3 Å². The minimum Gasteiger partial charge on any atom is -0.353 e. The number of imide groups is 1. The zero-order chi connectivity index (χ0) is 37.5. The molecule has 1 aliphatic heterocycles. The molecule has 51 heavy (non-hydrogen) atoms. The van der Waals surface area contributed by atoms with Crippen molar-refractivity contribution in [2.24, 2.45) is 17.8 Å². The fraction of sp³-hybridized carbons (Fsp3) is 0.444. The van der Waals surface area contributed by atoms with E-state index >= 15 is 0 Å². The minimum atomic E-state index is -1.08. The number of carbonyl (C=O) groups excluding carboxylic acids is 8. The summed E-state index contributed by atoms with van der Waals surface area (Å²) in [5.74, 6) is -4.12. The second kappa shape index (κ2) is 19.7. The Morgan fingerprint density at radius 3 is 1.98 bits per heavy atom. The smallest absolute Gasteiger partial charge is 0.243 e. The van der Waals surface area contributed by atoms with Gasteiger partial charge < -0.3 is 31.3 Å². The number of carbonyl (C=O) groups is 8. The number of ether oxygens (including phenoxy) is 1. The van der Waals surface area contributed by atoms with Gasteiger partial charge in [-0.05, 0) is 29.2 Å². The molecule has 0 bridgehead atoms. The highest BCUT2D eigenvalue weighted by Gasteiger charge is 2.40. The van der Waals surface area contributed by atoms with Crippen molar-refractivity contribution in [1.82, 2.24) is 26.6 Å². The predicted octanol–water partition coefficient (Wildman–Crippen LogP) is 0.156. The third kappa shape index (κ3) is 13.1. The molecule has 2 atom stereocenters. The summed E-state index contributed by atoms with van der Waals surface area (Å²) in [6.07, 6.45) is 0.202. The van der Waals surface area contributed by atoms with E-state index in [1.165, 1.54) is 4.90 Å². The van der Waals surface area contributed by atoms with Crippen LogP contribution >= 0.6 is 0 Å². The molecule has 3 rings (SSSR count). The first-order chi connectivity index (χ1) is 24.2. The second-order valence-electron chi connectivity index (χ2n) is 12.8. The van der Waals surface area contributed by atoms with Crippen LogP contribution in [0.15, 0.2) is 54.6 Å². The lowest BCUT2D eigenvalue weighted by atomic mass is 9.94. The number of anilines is 1. The third-order valence-electron chi connectivity index (χ3n) is 8.05. The monoisotopic (exact) mass is 706 g/mol. The number of hydrogen-bond donors (Lipinski definition) is 5. The summed E-state index contributed by atoms with van der Waals surface area (Å²) >= 11 is 0. The van der Waals surface area contributed by atoms with Gasteiger partial charge in [-0.15, -0.1) is 0 Å². The Kier molecular flexibility index (Phi) is 15.4. The normalized spacial score (nSPS) is 14.6. The molecule has 1 fully saturated rings. The molecule has 1 saturated heterocycles. The van der Waals surface area contributed by atoms with Gasteiger partial charge in [-0.2, -0.15) is 0 Å². The van der Waals surface area contributed by atoms with Crippen molar-refractivity contribution >= 4 is 52.8 Å². The van der Waals surface area contributed by atoms with Gasteiger partial charge in [0.15, 0.2) is 5.78 Å². The fourth-order valence-electron chi connectivity index (χ4n) is 4.99. The Labute approximate surface area is 296 Å². The minimum absolute atomic E-state index is 0.0392. The quantitative estimate of drug-likeness (QED) is 0.0765. The average molecular weight is 707 g/mol. The molecule has 1 heterocycles. The predicted molar refractivity (Wildman–Crippen MR) is 185 cm³/mol. The Morgan fingerprint density at radius 1 is 0.745 bits per heavy atom. The van der Waals surface area contributed by atoms with Gasteiger partial charge in [0.2, 0.25) is 41.4 Å². The van der Waals surface area contributed by atoms with Gasteiger partial charge in [0, 0.05) is 18.8 Å². The molecule has 1 aliphatic rings. The molecule has 2 aromatic rings. The summed E-state index contributed by atoms with van der Waals surface area (Å²) in [4.78, 5) is 101. The lowest BCUT2D eigenvalue weighted by Gasteiger charge is -2.19. The highest BCUT2D eigenvalue weighted by atomic mass is 16.5. The first-order valence-electron chi connectivity index (χ1n) is 16.7. The van der Waals surface area contributed by atoms with Gasteiger partial charge in [-0.25, -0.2) is 0 Å². The molecule has 0 radical (unpaired) electrons. The topological polar surface area (TPSA) is 209 Å². The number of ketones is 1. The van der Waals surface area contributed by atoms with Crippen LogP contribution in [-0.4, -0.2) is 86.1 Å². The van der Waals surface area contributed by atoms with Crippen molar-refractivity contribution in [2.45, 2.75) is 53.0 Å². The Bertz CT molecular complexity index is 1580. The maximum absolute atomic E-state index is 13.0. The molecule has 1 unspecified atom stereocenters. The van der Waals surface area contributed by atoms with Gasteiger partial charge in [0.25, 0.3) is 0 Å². The molecule has 0 saturated carbocycles. The number of rotatable bonds is 19. The summed E-state index contributed by atoms with van der Waals surface area (Å²) in [7, 11) is 0. The van der Waals surface area contributed by atoms with Gasteiger partial charge in [0.05, 0.1) is 37.7 Å². The molecule has 2 aromatic carbocycles.